The second-order valence-electron chi connectivity index (χ2n) is 6.40. The van der Waals surface area contributed by atoms with E-state index in [0.29, 0.717) is 5.56 Å². The second kappa shape index (κ2) is 9.12. The van der Waals surface area contributed by atoms with Crippen LogP contribution in [0.15, 0.2) is 36.4 Å². The smallest absolute Gasteiger partial charge is 0.330 e. The molecule has 6 nitrogen and oxygen atoms in total. The molecule has 7 heteroatoms. The summed E-state index contributed by atoms with van der Waals surface area (Å²) in [7, 11) is 1.32. The normalized spacial score (nSPS) is 11.6. The van der Waals surface area contributed by atoms with Gasteiger partial charge in [0.1, 0.15) is 0 Å². The molecule has 0 saturated heterocycles. The van der Waals surface area contributed by atoms with Gasteiger partial charge in [0.25, 0.3) is 0 Å². The standard InChI is InChI=1S/C21H22FNO5/c1-12-5-4-6-15(13(12)2)20(21(26)27)23-19(25)10-8-17(24)14-7-9-18(28-3)16(22)11-14/h4-7,9,11,20H,8,10H2,1-3H3,(H,23,25)(H,26,27). The van der Waals surface area contributed by atoms with E-state index >= 15 is 0 Å². The number of hydrogen-bond acceptors (Lipinski definition) is 4. The van der Waals surface area contributed by atoms with Crippen LogP contribution in [-0.2, 0) is 9.59 Å². The van der Waals surface area contributed by atoms with Crippen molar-refractivity contribution < 1.29 is 28.6 Å². The number of nitrogens with one attached hydrogen (secondary N) is 1. The number of amides is 1. The highest BCUT2D eigenvalue weighted by molar-refractivity contribution is 5.98. The number of aryl methyl sites for hydroxylation is 1. The maximum atomic E-state index is 13.7. The molecule has 0 fully saturated rings. The van der Waals surface area contributed by atoms with Crippen molar-refractivity contribution in [2.75, 3.05) is 7.11 Å². The molecule has 2 rings (SSSR count). The second-order valence-corrected chi connectivity index (χ2v) is 6.40. The van der Waals surface area contributed by atoms with Gasteiger partial charge in [-0.05, 0) is 48.7 Å². The van der Waals surface area contributed by atoms with E-state index in [9.17, 15) is 23.9 Å². The average Bonchev–Trinajstić information content (AvgIpc) is 2.66. The fourth-order valence-electron chi connectivity index (χ4n) is 2.80. The molecular formula is C21H22FNO5. The Morgan fingerprint density at radius 1 is 1.14 bits per heavy atom. The predicted molar refractivity (Wildman–Crippen MR) is 101 cm³/mol. The van der Waals surface area contributed by atoms with Crippen molar-refractivity contribution in [1.82, 2.24) is 5.32 Å². The highest BCUT2D eigenvalue weighted by Gasteiger charge is 2.24. The first-order valence-electron chi connectivity index (χ1n) is 8.69. The van der Waals surface area contributed by atoms with Crippen LogP contribution >= 0.6 is 0 Å². The number of benzene rings is 2. The van der Waals surface area contributed by atoms with Gasteiger partial charge in [-0.15, -0.1) is 0 Å². The van der Waals surface area contributed by atoms with Crippen LogP contribution in [0, 0.1) is 19.7 Å². The first kappa shape index (κ1) is 21.1. The van der Waals surface area contributed by atoms with Crippen molar-refractivity contribution in [3.8, 4) is 5.75 Å². The predicted octanol–water partition coefficient (Wildman–Crippen LogP) is 3.36. The summed E-state index contributed by atoms with van der Waals surface area (Å²) in [5, 5.41) is 11.9. The van der Waals surface area contributed by atoms with E-state index in [4.69, 9.17) is 4.74 Å². The van der Waals surface area contributed by atoms with Gasteiger partial charge in [-0.25, -0.2) is 9.18 Å². The van der Waals surface area contributed by atoms with Crippen molar-refractivity contribution >= 4 is 17.7 Å². The number of Topliss-reactive ketones (excluding diaryl/α,β-unsaturated/α-hetero) is 1. The van der Waals surface area contributed by atoms with Crippen LogP contribution in [0.25, 0.3) is 0 Å². The van der Waals surface area contributed by atoms with Gasteiger partial charge in [-0.2, -0.15) is 0 Å². The Bertz CT molecular complexity index is 910. The molecule has 2 aromatic carbocycles. The Balaban J connectivity index is 2.03. The molecule has 0 bridgehead atoms. The van der Waals surface area contributed by atoms with E-state index in [1.54, 1.807) is 19.1 Å². The number of halogens is 1. The van der Waals surface area contributed by atoms with Gasteiger partial charge in [-0.1, -0.05) is 18.2 Å². The molecule has 2 N–H and O–H groups in total. The number of hydrogen-bond donors (Lipinski definition) is 2. The van der Waals surface area contributed by atoms with Gasteiger partial charge in [0.2, 0.25) is 5.91 Å². The lowest BCUT2D eigenvalue weighted by Crippen LogP contribution is -2.34. The number of methoxy groups -OCH3 is 1. The lowest BCUT2D eigenvalue weighted by Gasteiger charge is -2.18. The molecule has 0 aliphatic heterocycles. The van der Waals surface area contributed by atoms with Crippen LogP contribution in [0.3, 0.4) is 0 Å². The van der Waals surface area contributed by atoms with Crippen molar-refractivity contribution in [2.24, 2.45) is 0 Å². The summed E-state index contributed by atoms with van der Waals surface area (Å²) in [6.07, 6.45) is -0.377. The number of rotatable bonds is 8. The molecule has 0 heterocycles. The zero-order valence-corrected chi connectivity index (χ0v) is 15.9. The van der Waals surface area contributed by atoms with Gasteiger partial charge in [0.05, 0.1) is 7.11 Å². The topological polar surface area (TPSA) is 92.7 Å². The summed E-state index contributed by atoms with van der Waals surface area (Å²) >= 11 is 0. The Morgan fingerprint density at radius 2 is 1.86 bits per heavy atom. The van der Waals surface area contributed by atoms with Crippen molar-refractivity contribution in [3.05, 3.63) is 64.5 Å². The largest absolute Gasteiger partial charge is 0.494 e. The molecule has 0 aliphatic carbocycles. The molecule has 1 atom stereocenters. The molecule has 2 aromatic rings. The summed E-state index contributed by atoms with van der Waals surface area (Å²) < 4.78 is 18.5. The van der Waals surface area contributed by atoms with Crippen LogP contribution in [0.2, 0.25) is 0 Å². The van der Waals surface area contributed by atoms with Gasteiger partial charge in [0, 0.05) is 18.4 Å². The molecule has 28 heavy (non-hydrogen) atoms. The molecule has 1 amide bonds. The average molecular weight is 387 g/mol. The minimum Gasteiger partial charge on any atom is -0.494 e. The number of carbonyl (C=O) groups is 3. The van der Waals surface area contributed by atoms with E-state index in [1.165, 1.54) is 19.2 Å². The number of carbonyl (C=O) groups excluding carboxylic acids is 2. The quantitative estimate of drug-likeness (QED) is 0.678. The van der Waals surface area contributed by atoms with Gasteiger partial charge < -0.3 is 15.2 Å². The highest BCUT2D eigenvalue weighted by Crippen LogP contribution is 2.22. The zero-order valence-electron chi connectivity index (χ0n) is 15.9. The fourth-order valence-corrected chi connectivity index (χ4v) is 2.80. The lowest BCUT2D eigenvalue weighted by atomic mass is 9.97. The SMILES string of the molecule is COc1ccc(C(=O)CCC(=O)NC(C(=O)O)c2cccc(C)c2C)cc1F. The summed E-state index contributed by atoms with van der Waals surface area (Å²) in [6, 6.07) is 7.82. The molecule has 0 aliphatic rings. The Hall–Kier alpha value is -3.22. The van der Waals surface area contributed by atoms with E-state index < -0.39 is 29.5 Å². The zero-order chi connectivity index (χ0) is 20.8. The molecule has 148 valence electrons. The van der Waals surface area contributed by atoms with Crippen molar-refractivity contribution in [3.63, 3.8) is 0 Å². The van der Waals surface area contributed by atoms with Crippen LogP contribution in [0.4, 0.5) is 4.39 Å². The number of carboxylic acids is 1. The van der Waals surface area contributed by atoms with Gasteiger partial charge in [0.15, 0.2) is 23.4 Å². The minimum absolute atomic E-state index is 0.0205. The third kappa shape index (κ3) is 4.94. The molecule has 1 unspecified atom stereocenters. The maximum Gasteiger partial charge on any atom is 0.330 e. The number of ether oxygens (including phenoxy) is 1. The minimum atomic E-state index is -1.21. The Kier molecular flexibility index (Phi) is 6.87. The van der Waals surface area contributed by atoms with Crippen molar-refractivity contribution in [2.45, 2.75) is 32.7 Å². The molecule has 0 radical (unpaired) electrons. The maximum absolute atomic E-state index is 13.7. The number of carboxylic acid groups (broad SMARTS) is 1. The van der Waals surface area contributed by atoms with Crippen LogP contribution in [0.1, 0.15) is 45.9 Å². The third-order valence-electron chi connectivity index (χ3n) is 4.56. The van der Waals surface area contributed by atoms with Crippen molar-refractivity contribution in [1.29, 1.82) is 0 Å². The van der Waals surface area contributed by atoms with E-state index in [0.717, 1.165) is 17.2 Å². The van der Waals surface area contributed by atoms with E-state index in [-0.39, 0.29) is 24.2 Å². The first-order valence-corrected chi connectivity index (χ1v) is 8.69. The Labute approximate surface area is 162 Å². The summed E-state index contributed by atoms with van der Waals surface area (Å²) in [5.41, 5.74) is 2.30. The third-order valence-corrected chi connectivity index (χ3v) is 4.56. The van der Waals surface area contributed by atoms with Gasteiger partial charge in [-0.3, -0.25) is 9.59 Å². The van der Waals surface area contributed by atoms with Crippen LogP contribution in [-0.4, -0.2) is 29.9 Å². The Morgan fingerprint density at radius 3 is 2.46 bits per heavy atom. The monoisotopic (exact) mass is 387 g/mol. The molecular weight excluding hydrogens is 365 g/mol. The lowest BCUT2D eigenvalue weighted by molar-refractivity contribution is -0.142. The summed E-state index contributed by atoms with van der Waals surface area (Å²) in [5.74, 6) is -2.83. The molecule has 0 spiro atoms. The number of aliphatic carboxylic acids is 1. The number of ketones is 1. The highest BCUT2D eigenvalue weighted by atomic mass is 19.1. The van der Waals surface area contributed by atoms with Gasteiger partial charge >= 0.3 is 5.97 Å². The fraction of sp³-hybridized carbons (Fsp3) is 0.286. The molecule has 0 aromatic heterocycles. The van der Waals surface area contributed by atoms with Crippen LogP contribution < -0.4 is 10.1 Å². The van der Waals surface area contributed by atoms with E-state index in [2.05, 4.69) is 5.32 Å². The van der Waals surface area contributed by atoms with Crippen LogP contribution in [0.5, 0.6) is 5.75 Å². The summed E-state index contributed by atoms with van der Waals surface area (Å²) in [6.45, 7) is 3.64. The summed E-state index contributed by atoms with van der Waals surface area (Å²) in [4.78, 5) is 36.0. The first-order chi connectivity index (χ1) is 13.2. The molecule has 0 saturated carbocycles. The van der Waals surface area contributed by atoms with E-state index in [1.807, 2.05) is 13.0 Å².